The van der Waals surface area contributed by atoms with E-state index in [2.05, 4.69) is 16.8 Å². The third kappa shape index (κ3) is 5.22. The van der Waals surface area contributed by atoms with Crippen LogP contribution in [0.1, 0.15) is 52.6 Å². The van der Waals surface area contributed by atoms with Crippen LogP contribution in [0.15, 0.2) is 72.8 Å². The van der Waals surface area contributed by atoms with Gasteiger partial charge in [-0.15, -0.1) is 0 Å². The number of nitrogens with one attached hydrogen (secondary N) is 1. The third-order valence-electron chi connectivity index (χ3n) is 6.50. The Morgan fingerprint density at radius 3 is 2.34 bits per heavy atom. The topological polar surface area (TPSA) is 80.6 Å². The Morgan fingerprint density at radius 1 is 1.00 bits per heavy atom. The summed E-state index contributed by atoms with van der Waals surface area (Å²) >= 11 is 0. The van der Waals surface area contributed by atoms with E-state index in [0.29, 0.717) is 17.7 Å². The van der Waals surface area contributed by atoms with Gasteiger partial charge in [-0.3, -0.25) is 4.79 Å². The summed E-state index contributed by atoms with van der Waals surface area (Å²) in [4.78, 5) is 24.0. The number of carboxylic acid groups (broad SMARTS) is 1. The maximum absolute atomic E-state index is 12.9. The van der Waals surface area contributed by atoms with Crippen LogP contribution < -0.4 is 10.1 Å². The molecule has 1 amide bonds. The van der Waals surface area contributed by atoms with Crippen LogP contribution in [-0.2, 0) is 18.3 Å². The zero-order chi connectivity index (χ0) is 25.1. The number of aliphatic carboxylic acids is 1. The second-order valence-corrected chi connectivity index (χ2v) is 8.88. The summed E-state index contributed by atoms with van der Waals surface area (Å²) in [5.74, 6) is -0.573. The van der Waals surface area contributed by atoms with Gasteiger partial charge in [-0.25, -0.2) is 4.79 Å². The van der Waals surface area contributed by atoms with Crippen LogP contribution in [0, 0.1) is 6.92 Å². The predicted octanol–water partition coefficient (Wildman–Crippen LogP) is 5.42. The van der Waals surface area contributed by atoms with Gasteiger partial charge in [0.15, 0.2) is 6.10 Å². The van der Waals surface area contributed by atoms with E-state index in [-0.39, 0.29) is 11.9 Å². The second kappa shape index (κ2) is 10.1. The molecule has 0 saturated heterocycles. The standard InChI is InChI=1S/C29H30N2O4/c1-18(22-8-6-5-7-9-22)30-28(32)23-12-15-25-26(19(2)31(4)27(25)17-23)16-21-10-13-24(14-11-21)35-20(3)29(33)34/h5-15,17-18,20H,16H2,1-4H3,(H,30,32)(H,33,34)/t18-,20?/m0/s1. The lowest BCUT2D eigenvalue weighted by Crippen LogP contribution is -2.26. The molecule has 0 fully saturated rings. The molecule has 1 unspecified atom stereocenters. The van der Waals surface area contributed by atoms with E-state index >= 15 is 0 Å². The highest BCUT2D eigenvalue weighted by Gasteiger charge is 2.17. The SMILES string of the molecule is Cc1c(Cc2ccc(OC(C)C(=O)O)cc2)c2ccc(C(=O)N[C@@H](C)c3ccccc3)cc2n1C. The summed E-state index contributed by atoms with van der Waals surface area (Å²) in [6.45, 7) is 5.57. The average Bonchev–Trinajstić information content (AvgIpc) is 3.09. The number of hydrogen-bond acceptors (Lipinski definition) is 3. The van der Waals surface area contributed by atoms with Crippen molar-refractivity contribution in [3.8, 4) is 5.75 Å². The molecule has 6 heteroatoms. The number of carbonyl (C=O) groups excluding carboxylic acids is 1. The number of rotatable bonds is 8. The number of nitrogens with zero attached hydrogens (tertiary/aromatic N) is 1. The summed E-state index contributed by atoms with van der Waals surface area (Å²) in [7, 11) is 2.01. The molecule has 1 heterocycles. The smallest absolute Gasteiger partial charge is 0.344 e. The summed E-state index contributed by atoms with van der Waals surface area (Å²) in [5.41, 5.74) is 6.12. The molecule has 4 aromatic rings. The van der Waals surface area contributed by atoms with Gasteiger partial charge in [0.2, 0.25) is 0 Å². The van der Waals surface area contributed by atoms with Crippen LogP contribution in [0.25, 0.3) is 10.9 Å². The van der Waals surface area contributed by atoms with Crippen molar-refractivity contribution in [2.45, 2.75) is 39.3 Å². The van der Waals surface area contributed by atoms with E-state index in [0.717, 1.165) is 27.7 Å². The number of aromatic nitrogens is 1. The highest BCUT2D eigenvalue weighted by Crippen LogP contribution is 2.29. The molecule has 35 heavy (non-hydrogen) atoms. The first-order chi connectivity index (χ1) is 16.7. The van der Waals surface area contributed by atoms with E-state index in [4.69, 9.17) is 9.84 Å². The van der Waals surface area contributed by atoms with E-state index in [1.54, 1.807) is 12.1 Å². The summed E-state index contributed by atoms with van der Waals surface area (Å²) < 4.78 is 7.55. The molecule has 4 rings (SSSR count). The van der Waals surface area contributed by atoms with Crippen LogP contribution in [-0.4, -0.2) is 27.7 Å². The van der Waals surface area contributed by atoms with E-state index in [1.807, 2.05) is 74.6 Å². The van der Waals surface area contributed by atoms with Crippen LogP contribution in [0.5, 0.6) is 5.75 Å². The average molecular weight is 471 g/mol. The Bertz CT molecular complexity index is 1360. The molecule has 6 nitrogen and oxygen atoms in total. The van der Waals surface area contributed by atoms with Crippen LogP contribution in [0.3, 0.4) is 0 Å². The zero-order valence-corrected chi connectivity index (χ0v) is 20.4. The maximum Gasteiger partial charge on any atom is 0.344 e. The highest BCUT2D eigenvalue weighted by atomic mass is 16.5. The van der Waals surface area contributed by atoms with Crippen LogP contribution in [0.4, 0.5) is 0 Å². The van der Waals surface area contributed by atoms with Gasteiger partial charge in [0.05, 0.1) is 6.04 Å². The van der Waals surface area contributed by atoms with E-state index < -0.39 is 12.1 Å². The third-order valence-corrected chi connectivity index (χ3v) is 6.50. The first-order valence-corrected chi connectivity index (χ1v) is 11.7. The molecular formula is C29H30N2O4. The molecule has 0 spiro atoms. The molecule has 2 N–H and O–H groups in total. The number of carboxylic acids is 1. The number of amides is 1. The van der Waals surface area contributed by atoms with Crippen LogP contribution >= 0.6 is 0 Å². The lowest BCUT2D eigenvalue weighted by molar-refractivity contribution is -0.144. The molecule has 0 aliphatic rings. The van der Waals surface area contributed by atoms with Crippen molar-refractivity contribution < 1.29 is 19.4 Å². The fourth-order valence-electron chi connectivity index (χ4n) is 4.26. The Kier molecular flexibility index (Phi) is 6.92. The summed E-state index contributed by atoms with van der Waals surface area (Å²) in [5, 5.41) is 13.2. The van der Waals surface area contributed by atoms with Gasteiger partial charge in [-0.2, -0.15) is 0 Å². The Morgan fingerprint density at radius 2 is 1.69 bits per heavy atom. The fraction of sp³-hybridized carbons (Fsp3) is 0.241. The summed E-state index contributed by atoms with van der Waals surface area (Å²) in [6.07, 6.45) is -0.183. The van der Waals surface area contributed by atoms with E-state index in [1.165, 1.54) is 12.5 Å². The minimum Gasteiger partial charge on any atom is -0.479 e. The molecule has 1 aromatic heterocycles. The quantitative estimate of drug-likeness (QED) is 0.360. The number of carbonyl (C=O) groups is 2. The zero-order valence-electron chi connectivity index (χ0n) is 20.4. The van der Waals surface area contributed by atoms with Crippen molar-refractivity contribution in [1.82, 2.24) is 9.88 Å². The molecule has 180 valence electrons. The summed E-state index contributed by atoms with van der Waals surface area (Å²) in [6, 6.07) is 23.2. The van der Waals surface area contributed by atoms with Gasteiger partial charge in [0.25, 0.3) is 5.91 Å². The lowest BCUT2D eigenvalue weighted by atomic mass is 10.0. The Hall–Kier alpha value is -4.06. The minimum absolute atomic E-state index is 0.0875. The fourth-order valence-corrected chi connectivity index (χ4v) is 4.26. The molecule has 3 aromatic carbocycles. The molecule has 0 radical (unpaired) electrons. The molecule has 0 aliphatic carbocycles. The van der Waals surface area contributed by atoms with Crippen molar-refractivity contribution in [3.05, 3.63) is 101 Å². The van der Waals surface area contributed by atoms with Gasteiger partial charge >= 0.3 is 5.97 Å². The van der Waals surface area contributed by atoms with E-state index in [9.17, 15) is 9.59 Å². The molecule has 0 bridgehead atoms. The normalized spacial score (nSPS) is 12.8. The van der Waals surface area contributed by atoms with Gasteiger partial charge in [-0.05, 0) is 68.1 Å². The highest BCUT2D eigenvalue weighted by molar-refractivity contribution is 5.99. The minimum atomic E-state index is -0.997. The number of ether oxygens (including phenoxy) is 1. The van der Waals surface area contributed by atoms with Gasteiger partial charge in [0.1, 0.15) is 5.75 Å². The number of hydrogen-bond donors (Lipinski definition) is 2. The Balaban J connectivity index is 1.54. The lowest BCUT2D eigenvalue weighted by Gasteiger charge is -2.14. The molecular weight excluding hydrogens is 440 g/mol. The second-order valence-electron chi connectivity index (χ2n) is 8.88. The number of fused-ring (bicyclic) bond motifs is 1. The number of benzene rings is 3. The van der Waals surface area contributed by atoms with Crippen LogP contribution in [0.2, 0.25) is 0 Å². The van der Waals surface area contributed by atoms with Crippen molar-refractivity contribution in [2.24, 2.45) is 7.05 Å². The van der Waals surface area contributed by atoms with Gasteiger partial charge < -0.3 is 19.7 Å². The molecule has 0 aliphatic heterocycles. The first-order valence-electron chi connectivity index (χ1n) is 11.7. The first kappa shape index (κ1) is 24.1. The van der Waals surface area contributed by atoms with Crippen molar-refractivity contribution in [1.29, 1.82) is 0 Å². The molecule has 0 saturated carbocycles. The van der Waals surface area contributed by atoms with Crippen molar-refractivity contribution in [2.75, 3.05) is 0 Å². The predicted molar refractivity (Wildman–Crippen MR) is 137 cm³/mol. The number of aryl methyl sites for hydroxylation is 1. The monoisotopic (exact) mass is 470 g/mol. The van der Waals surface area contributed by atoms with Crippen molar-refractivity contribution in [3.63, 3.8) is 0 Å². The largest absolute Gasteiger partial charge is 0.479 e. The molecule has 2 atom stereocenters. The van der Waals surface area contributed by atoms with Gasteiger partial charge in [-0.1, -0.05) is 48.5 Å². The van der Waals surface area contributed by atoms with Crippen molar-refractivity contribution >= 4 is 22.8 Å². The van der Waals surface area contributed by atoms with Gasteiger partial charge in [0, 0.05) is 29.2 Å². The maximum atomic E-state index is 12.9. The Labute approximate surface area is 205 Å².